The summed E-state index contributed by atoms with van der Waals surface area (Å²) in [7, 11) is 0. The van der Waals surface area contributed by atoms with E-state index in [9.17, 15) is 0 Å². The minimum Gasteiger partial charge on any atom is -0.393 e. The molecule has 4 rings (SSSR count). The van der Waals surface area contributed by atoms with Crippen molar-refractivity contribution < 1.29 is 13.1 Å². The molecule has 4 heterocycles. The van der Waals surface area contributed by atoms with Crippen molar-refractivity contribution in [2.75, 3.05) is 0 Å². The Bertz CT molecular complexity index is 1030. The summed E-state index contributed by atoms with van der Waals surface area (Å²) in [5.41, 5.74) is 5.21. The van der Waals surface area contributed by atoms with Gasteiger partial charge in [0.2, 0.25) is 0 Å². The van der Waals surface area contributed by atoms with Gasteiger partial charge in [0, 0.05) is 42.2 Å². The van der Waals surface area contributed by atoms with Crippen molar-refractivity contribution in [3.05, 3.63) is 69.4 Å². The molecule has 2 aliphatic heterocycles. The monoisotopic (exact) mass is 359 g/mol. The third-order valence-corrected chi connectivity index (χ3v) is 5.28. The maximum absolute atomic E-state index is 15.5. The van der Waals surface area contributed by atoms with Crippen molar-refractivity contribution in [1.29, 1.82) is 0 Å². The number of hydrogen-bond donors (Lipinski definition) is 0. The van der Waals surface area contributed by atoms with Gasteiger partial charge < -0.3 is 17.6 Å². The maximum atomic E-state index is 15.5. The number of allylic oxidation sites excluding steroid dienone is 2. The Hall–Kier alpha value is -2.21. The number of aromatic nitrogens is 2. The van der Waals surface area contributed by atoms with Crippen LogP contribution < -0.4 is 0 Å². The fraction of sp³-hybridized carbons (Fsp3) is 0.222. The molecule has 0 bridgehead atoms. The van der Waals surface area contributed by atoms with Crippen LogP contribution in [0.25, 0.3) is 5.57 Å². The van der Waals surface area contributed by atoms with Crippen molar-refractivity contribution in [1.82, 2.24) is 9.46 Å². The van der Waals surface area contributed by atoms with E-state index < -0.39 is 6.97 Å². The van der Waals surface area contributed by atoms with Gasteiger partial charge >= 0.3 is 6.97 Å². The van der Waals surface area contributed by atoms with Crippen LogP contribution >= 0.6 is 11.6 Å². The molecular formula is C18H17BClF2N3. The molecular weight excluding hydrogens is 342 g/mol. The second-order valence-corrected chi connectivity index (χ2v) is 7.10. The molecule has 25 heavy (non-hydrogen) atoms. The lowest BCUT2D eigenvalue weighted by molar-refractivity contribution is -0.363. The quantitative estimate of drug-likeness (QED) is 0.683. The van der Waals surface area contributed by atoms with E-state index in [1.165, 1.54) is 8.96 Å². The molecule has 0 spiro atoms. The zero-order chi connectivity index (χ0) is 18.1. The summed E-state index contributed by atoms with van der Waals surface area (Å²) in [6.45, 7) is 3.20. The van der Waals surface area contributed by atoms with E-state index in [2.05, 4.69) is 4.98 Å². The van der Waals surface area contributed by atoms with Gasteiger partial charge in [0.05, 0.1) is 10.6 Å². The molecule has 0 saturated heterocycles. The summed E-state index contributed by atoms with van der Waals surface area (Å²) >= 11 is 6.40. The maximum Gasteiger partial charge on any atom is 0.737 e. The van der Waals surface area contributed by atoms with Crippen molar-refractivity contribution in [3.8, 4) is 0 Å². The summed E-state index contributed by atoms with van der Waals surface area (Å²) in [5, 5.41) is 0.449. The average Bonchev–Trinajstić information content (AvgIpc) is 2.99. The first-order valence-electron chi connectivity index (χ1n) is 8.12. The van der Waals surface area contributed by atoms with E-state index in [-0.39, 0.29) is 0 Å². The van der Waals surface area contributed by atoms with Gasteiger partial charge in [-0.05, 0) is 44.2 Å². The molecule has 0 saturated carbocycles. The molecule has 0 fully saturated rings. The van der Waals surface area contributed by atoms with E-state index in [1.807, 2.05) is 13.8 Å². The predicted molar refractivity (Wildman–Crippen MR) is 97.2 cm³/mol. The van der Waals surface area contributed by atoms with Gasteiger partial charge in [0.25, 0.3) is 0 Å². The minimum atomic E-state index is -3.96. The lowest BCUT2D eigenvalue weighted by Gasteiger charge is -2.34. The third kappa shape index (κ3) is 2.03. The average molecular weight is 360 g/mol. The molecule has 0 amide bonds. The SMILES string of the molecule is CC1=CC(C)=[N+]2C1=C(c1ccncc1Cl)c1c(C)cc(C)n1[B-]2(F)F. The molecule has 2 aliphatic rings. The van der Waals surface area contributed by atoms with Gasteiger partial charge in [0.1, 0.15) is 5.71 Å². The number of fused-ring (bicyclic) bond motifs is 2. The first-order valence-corrected chi connectivity index (χ1v) is 8.50. The lowest BCUT2D eigenvalue weighted by atomic mass is 9.84. The van der Waals surface area contributed by atoms with Crippen LogP contribution in [0.3, 0.4) is 0 Å². The molecule has 0 aliphatic carbocycles. The van der Waals surface area contributed by atoms with E-state index in [4.69, 9.17) is 11.6 Å². The Morgan fingerprint density at radius 3 is 2.60 bits per heavy atom. The fourth-order valence-corrected chi connectivity index (χ4v) is 4.35. The smallest absolute Gasteiger partial charge is 0.393 e. The molecule has 7 heteroatoms. The van der Waals surface area contributed by atoms with Gasteiger partial charge in [0.15, 0.2) is 5.70 Å². The third-order valence-electron chi connectivity index (χ3n) is 4.98. The second-order valence-electron chi connectivity index (χ2n) is 6.69. The zero-order valence-electron chi connectivity index (χ0n) is 14.4. The minimum absolute atomic E-state index is 0.449. The second kappa shape index (κ2) is 5.15. The van der Waals surface area contributed by atoms with Crippen LogP contribution in [0.5, 0.6) is 0 Å². The van der Waals surface area contributed by atoms with Crippen LogP contribution in [-0.4, -0.2) is 26.6 Å². The highest BCUT2D eigenvalue weighted by Crippen LogP contribution is 2.45. The molecule has 2 aromatic heterocycles. The van der Waals surface area contributed by atoms with Crippen molar-refractivity contribution in [3.63, 3.8) is 0 Å². The topological polar surface area (TPSA) is 20.8 Å². The summed E-state index contributed by atoms with van der Waals surface area (Å²) < 4.78 is 33.3. The first-order chi connectivity index (χ1) is 11.7. The molecule has 128 valence electrons. The molecule has 3 nitrogen and oxygen atoms in total. The molecule has 0 aromatic carbocycles. The van der Waals surface area contributed by atoms with Crippen molar-refractivity contribution in [2.24, 2.45) is 0 Å². The molecule has 2 aromatic rings. The Labute approximate surface area is 150 Å². The van der Waals surface area contributed by atoms with E-state index >= 15 is 8.63 Å². The number of nitrogens with zero attached hydrogens (tertiary/aromatic N) is 3. The number of rotatable bonds is 1. The van der Waals surface area contributed by atoms with Gasteiger partial charge in [-0.2, -0.15) is 0 Å². The van der Waals surface area contributed by atoms with Crippen molar-refractivity contribution >= 4 is 29.9 Å². The van der Waals surface area contributed by atoms with E-state index in [0.717, 1.165) is 16.7 Å². The Morgan fingerprint density at radius 1 is 1.20 bits per heavy atom. The first kappa shape index (κ1) is 16.3. The number of hydrogen-bond acceptors (Lipinski definition) is 1. The summed E-state index contributed by atoms with van der Waals surface area (Å²) in [6, 6.07) is 3.59. The molecule has 0 N–H and O–H groups in total. The van der Waals surface area contributed by atoms with Crippen LogP contribution in [0.1, 0.15) is 36.4 Å². The predicted octanol–water partition coefficient (Wildman–Crippen LogP) is 4.58. The summed E-state index contributed by atoms with van der Waals surface area (Å²) in [4.78, 5) is 4.03. The van der Waals surface area contributed by atoms with Gasteiger partial charge in [-0.1, -0.05) is 11.6 Å². The highest BCUT2D eigenvalue weighted by molar-refractivity contribution is 6.58. The summed E-state index contributed by atoms with van der Waals surface area (Å²) in [6.07, 6.45) is 4.99. The highest BCUT2D eigenvalue weighted by Gasteiger charge is 2.55. The van der Waals surface area contributed by atoms with Crippen LogP contribution in [0.4, 0.5) is 8.63 Å². The molecule has 0 unspecified atom stereocenters. The van der Waals surface area contributed by atoms with Gasteiger partial charge in [-0.25, -0.2) is 0 Å². The lowest BCUT2D eigenvalue weighted by Crippen LogP contribution is -2.51. The Balaban J connectivity index is 2.22. The van der Waals surface area contributed by atoms with Crippen LogP contribution in [0, 0.1) is 13.8 Å². The zero-order valence-corrected chi connectivity index (χ0v) is 15.2. The fourth-order valence-electron chi connectivity index (χ4n) is 4.13. The number of halogens is 3. The van der Waals surface area contributed by atoms with Gasteiger partial charge in [-0.15, -0.1) is 0 Å². The Morgan fingerprint density at radius 2 is 1.92 bits per heavy atom. The van der Waals surface area contributed by atoms with E-state index in [0.29, 0.717) is 33.4 Å². The van der Waals surface area contributed by atoms with Crippen molar-refractivity contribution in [2.45, 2.75) is 27.7 Å². The summed E-state index contributed by atoms with van der Waals surface area (Å²) in [5.74, 6) is 0. The standard InChI is InChI=1S/C18H17BClF2N3/c1-10-7-12(3)24-17(10)16(14-5-6-23-9-15(14)20)18-11(2)8-13(4)25(18)19(24,21)22/h5-9H,1-4H3. The highest BCUT2D eigenvalue weighted by atomic mass is 35.5. The number of aryl methyl sites for hydroxylation is 2. The van der Waals surface area contributed by atoms with Crippen LogP contribution in [0.2, 0.25) is 5.02 Å². The van der Waals surface area contributed by atoms with E-state index in [1.54, 1.807) is 44.4 Å². The molecule has 0 atom stereocenters. The Kier molecular flexibility index (Phi) is 3.35. The van der Waals surface area contributed by atoms with Crippen LogP contribution in [-0.2, 0) is 0 Å². The molecule has 0 radical (unpaired) electrons. The van der Waals surface area contributed by atoms with Gasteiger partial charge in [-0.3, -0.25) is 4.98 Å². The largest absolute Gasteiger partial charge is 0.737 e. The normalized spacial score (nSPS) is 18.4. The van der Waals surface area contributed by atoms with Crippen LogP contribution in [0.15, 0.2) is 41.9 Å². The number of pyridine rings is 1.